The number of hydrogen-bond acceptors (Lipinski definition) is 4. The van der Waals surface area contributed by atoms with Crippen molar-refractivity contribution in [3.63, 3.8) is 0 Å². The van der Waals surface area contributed by atoms with E-state index < -0.39 is 23.0 Å². The molecule has 1 saturated heterocycles. The quantitative estimate of drug-likeness (QED) is 0.765. The summed E-state index contributed by atoms with van der Waals surface area (Å²) in [6.07, 6.45) is -0.0989. The first kappa shape index (κ1) is 13.7. The topological polar surface area (TPSA) is 85.0 Å². The van der Waals surface area contributed by atoms with E-state index in [0.717, 1.165) is 17.0 Å². The molecule has 1 unspecified atom stereocenters. The second kappa shape index (κ2) is 5.10. The fourth-order valence-electron chi connectivity index (χ4n) is 2.15. The van der Waals surface area contributed by atoms with Crippen molar-refractivity contribution in [2.45, 2.75) is 12.8 Å². The SMILES string of the molecule is N#CCC1(C#N)CCN(C(=O)c2ccc(F)cc2)C1=O. The Balaban J connectivity index is 2.26. The molecule has 1 aliphatic rings. The minimum Gasteiger partial charge on any atom is -0.277 e. The molecule has 100 valence electrons. The third kappa shape index (κ3) is 2.12. The number of carbonyl (C=O) groups excluding carboxylic acids is 2. The lowest BCUT2D eigenvalue weighted by molar-refractivity contribution is -0.131. The lowest BCUT2D eigenvalue weighted by Gasteiger charge is -2.17. The zero-order valence-electron chi connectivity index (χ0n) is 10.5. The summed E-state index contributed by atoms with van der Waals surface area (Å²) in [5.41, 5.74) is -1.27. The molecule has 2 amide bonds. The van der Waals surface area contributed by atoms with Gasteiger partial charge in [0, 0.05) is 12.1 Å². The molecule has 1 atom stereocenters. The monoisotopic (exact) mass is 271 g/mol. The number of hydrogen-bond donors (Lipinski definition) is 0. The molecule has 6 heteroatoms. The highest BCUT2D eigenvalue weighted by Crippen LogP contribution is 2.35. The zero-order chi connectivity index (χ0) is 14.8. The molecule has 0 bridgehead atoms. The third-order valence-electron chi connectivity index (χ3n) is 3.35. The van der Waals surface area contributed by atoms with Crippen LogP contribution in [0.15, 0.2) is 24.3 Å². The number of halogens is 1. The average molecular weight is 271 g/mol. The fourth-order valence-corrected chi connectivity index (χ4v) is 2.15. The van der Waals surface area contributed by atoms with E-state index in [1.807, 2.05) is 12.1 Å². The van der Waals surface area contributed by atoms with Crippen molar-refractivity contribution in [1.29, 1.82) is 10.5 Å². The van der Waals surface area contributed by atoms with Gasteiger partial charge in [0.1, 0.15) is 5.82 Å². The molecule has 1 aromatic rings. The van der Waals surface area contributed by atoms with E-state index >= 15 is 0 Å². The number of nitrogens with zero attached hydrogens (tertiary/aromatic N) is 3. The van der Waals surface area contributed by atoms with E-state index in [4.69, 9.17) is 10.5 Å². The summed E-state index contributed by atoms with van der Waals surface area (Å²) < 4.78 is 12.8. The summed E-state index contributed by atoms with van der Waals surface area (Å²) in [5.74, 6) is -1.72. The van der Waals surface area contributed by atoms with Crippen LogP contribution >= 0.6 is 0 Å². The number of imide groups is 1. The molecule has 0 radical (unpaired) electrons. The van der Waals surface area contributed by atoms with Gasteiger partial charge in [-0.1, -0.05) is 0 Å². The van der Waals surface area contributed by atoms with Gasteiger partial charge >= 0.3 is 0 Å². The van der Waals surface area contributed by atoms with E-state index in [2.05, 4.69) is 0 Å². The van der Waals surface area contributed by atoms with E-state index in [1.54, 1.807) is 0 Å². The smallest absolute Gasteiger partial charge is 0.260 e. The van der Waals surface area contributed by atoms with Crippen LogP contribution in [0.2, 0.25) is 0 Å². The minimum atomic E-state index is -1.44. The van der Waals surface area contributed by atoms with Gasteiger partial charge in [-0.15, -0.1) is 0 Å². The Labute approximate surface area is 114 Å². The van der Waals surface area contributed by atoms with Crippen LogP contribution in [0.4, 0.5) is 4.39 Å². The molecule has 20 heavy (non-hydrogen) atoms. The molecule has 1 aromatic carbocycles. The lowest BCUT2D eigenvalue weighted by atomic mass is 9.85. The molecule has 0 saturated carbocycles. The number of nitriles is 2. The van der Waals surface area contributed by atoms with Crippen LogP contribution in [0.25, 0.3) is 0 Å². The van der Waals surface area contributed by atoms with Crippen molar-refractivity contribution in [1.82, 2.24) is 4.90 Å². The highest BCUT2D eigenvalue weighted by atomic mass is 19.1. The summed E-state index contributed by atoms with van der Waals surface area (Å²) in [4.78, 5) is 25.3. The van der Waals surface area contributed by atoms with Crippen molar-refractivity contribution < 1.29 is 14.0 Å². The number of rotatable bonds is 2. The van der Waals surface area contributed by atoms with Crippen molar-refractivity contribution >= 4 is 11.8 Å². The van der Waals surface area contributed by atoms with Crippen LogP contribution in [-0.4, -0.2) is 23.3 Å². The second-order valence-electron chi connectivity index (χ2n) is 4.55. The Morgan fingerprint density at radius 1 is 1.35 bits per heavy atom. The molecule has 1 heterocycles. The summed E-state index contributed by atoms with van der Waals surface area (Å²) in [6, 6.07) is 8.47. The second-order valence-corrected chi connectivity index (χ2v) is 4.55. The molecule has 1 fully saturated rings. The first-order valence-electron chi connectivity index (χ1n) is 5.94. The average Bonchev–Trinajstić information content (AvgIpc) is 2.77. The number of amides is 2. The lowest BCUT2D eigenvalue weighted by Crippen LogP contribution is -2.37. The first-order valence-corrected chi connectivity index (χ1v) is 5.94. The normalized spacial score (nSPS) is 21.4. The van der Waals surface area contributed by atoms with Gasteiger partial charge in [-0.3, -0.25) is 14.5 Å². The van der Waals surface area contributed by atoms with E-state index in [1.165, 1.54) is 12.1 Å². The molecule has 0 spiro atoms. The number of benzene rings is 1. The summed E-state index contributed by atoms with van der Waals surface area (Å²) >= 11 is 0. The largest absolute Gasteiger partial charge is 0.277 e. The van der Waals surface area contributed by atoms with Gasteiger partial charge < -0.3 is 0 Å². The standard InChI is InChI=1S/C14H10FN3O2/c15-11-3-1-10(2-4-11)12(19)18-8-6-14(9-17,5-7-16)13(18)20/h1-4H,5-6,8H2. The van der Waals surface area contributed by atoms with Gasteiger partial charge in [0.05, 0.1) is 18.6 Å². The summed E-state index contributed by atoms with van der Waals surface area (Å²) in [7, 11) is 0. The van der Waals surface area contributed by atoms with Gasteiger partial charge in [-0.05, 0) is 30.7 Å². The number of likely N-dealkylation sites (tertiary alicyclic amines) is 1. The summed E-state index contributed by atoms with van der Waals surface area (Å²) in [6.45, 7) is 0.0876. The first-order chi connectivity index (χ1) is 9.54. The van der Waals surface area contributed by atoms with Crippen molar-refractivity contribution in [2.24, 2.45) is 5.41 Å². The fraction of sp³-hybridized carbons (Fsp3) is 0.286. The van der Waals surface area contributed by atoms with E-state index in [0.29, 0.717) is 0 Å². The zero-order valence-corrected chi connectivity index (χ0v) is 10.5. The van der Waals surface area contributed by atoms with Crippen LogP contribution in [0, 0.1) is 33.9 Å². The molecule has 2 rings (SSSR count). The molecule has 0 N–H and O–H groups in total. The van der Waals surface area contributed by atoms with Crippen LogP contribution in [0.3, 0.4) is 0 Å². The third-order valence-corrected chi connectivity index (χ3v) is 3.35. The van der Waals surface area contributed by atoms with Gasteiger partial charge in [0.2, 0.25) is 0 Å². The Morgan fingerprint density at radius 2 is 2.00 bits per heavy atom. The van der Waals surface area contributed by atoms with Crippen LogP contribution in [0.1, 0.15) is 23.2 Å². The molecular weight excluding hydrogens is 261 g/mol. The van der Waals surface area contributed by atoms with Gasteiger partial charge in [-0.2, -0.15) is 10.5 Å². The predicted molar refractivity (Wildman–Crippen MR) is 65.3 cm³/mol. The Kier molecular flexibility index (Phi) is 3.49. The number of carbonyl (C=O) groups is 2. The van der Waals surface area contributed by atoms with Crippen molar-refractivity contribution in [3.8, 4) is 12.1 Å². The maximum Gasteiger partial charge on any atom is 0.260 e. The Bertz CT molecular complexity index is 642. The molecule has 0 aliphatic carbocycles. The summed E-state index contributed by atoms with van der Waals surface area (Å²) in [5, 5.41) is 17.8. The van der Waals surface area contributed by atoms with Gasteiger partial charge in [-0.25, -0.2) is 4.39 Å². The van der Waals surface area contributed by atoms with Crippen molar-refractivity contribution in [2.75, 3.05) is 6.54 Å². The molecule has 1 aliphatic heterocycles. The minimum absolute atomic E-state index is 0.0876. The van der Waals surface area contributed by atoms with Crippen LogP contribution < -0.4 is 0 Å². The highest BCUT2D eigenvalue weighted by Gasteiger charge is 2.49. The predicted octanol–water partition coefficient (Wildman–Crippen LogP) is 1.62. The van der Waals surface area contributed by atoms with Gasteiger partial charge in [0.15, 0.2) is 5.41 Å². The van der Waals surface area contributed by atoms with Crippen molar-refractivity contribution in [3.05, 3.63) is 35.6 Å². The molecule has 5 nitrogen and oxygen atoms in total. The van der Waals surface area contributed by atoms with Crippen LogP contribution in [-0.2, 0) is 4.79 Å². The highest BCUT2D eigenvalue weighted by molar-refractivity contribution is 6.08. The Morgan fingerprint density at radius 3 is 2.55 bits per heavy atom. The molecular formula is C14H10FN3O2. The Hall–Kier alpha value is -2.73. The van der Waals surface area contributed by atoms with Crippen LogP contribution in [0.5, 0.6) is 0 Å². The maximum atomic E-state index is 12.8. The maximum absolute atomic E-state index is 12.8. The van der Waals surface area contributed by atoms with Gasteiger partial charge in [0.25, 0.3) is 11.8 Å². The molecule has 0 aromatic heterocycles. The van der Waals surface area contributed by atoms with E-state index in [-0.39, 0.29) is 24.9 Å². The van der Waals surface area contributed by atoms with E-state index in [9.17, 15) is 14.0 Å².